The average Bonchev–Trinajstić information content (AvgIpc) is 3.37. The van der Waals surface area contributed by atoms with Gasteiger partial charge in [0.15, 0.2) is 12.4 Å². The van der Waals surface area contributed by atoms with Crippen LogP contribution in [0.15, 0.2) is 22.7 Å². The number of carbonyl (C=O) groups is 4. The van der Waals surface area contributed by atoms with Crippen LogP contribution in [-0.2, 0) is 23.9 Å². The molecule has 3 amide bonds. The molecule has 2 heterocycles. The number of allylic oxidation sites excluding steroid dienone is 2. The van der Waals surface area contributed by atoms with Gasteiger partial charge in [-0.2, -0.15) is 0 Å². The van der Waals surface area contributed by atoms with Gasteiger partial charge in [0, 0.05) is 6.07 Å². The first-order valence-corrected chi connectivity index (χ1v) is 9.82. The maximum Gasteiger partial charge on any atom is 0.329 e. The third-order valence-corrected chi connectivity index (χ3v) is 6.67. The fourth-order valence-electron chi connectivity index (χ4n) is 5.33. The molecule has 0 aromatic carbocycles. The second-order valence-electron chi connectivity index (χ2n) is 8.36. The molecule has 0 spiro atoms. The Balaban J connectivity index is 1.22. The number of imide groups is 1. The summed E-state index contributed by atoms with van der Waals surface area (Å²) in [5, 5.41) is 6.06. The zero-order valence-corrected chi connectivity index (χ0v) is 16.0. The Labute approximate surface area is 166 Å². The van der Waals surface area contributed by atoms with Gasteiger partial charge in [0.05, 0.1) is 11.8 Å². The van der Waals surface area contributed by atoms with Crippen molar-refractivity contribution in [1.82, 2.24) is 10.1 Å². The van der Waals surface area contributed by atoms with E-state index in [-0.39, 0.29) is 41.3 Å². The van der Waals surface area contributed by atoms with Crippen molar-refractivity contribution in [3.63, 3.8) is 0 Å². The molecule has 0 radical (unpaired) electrons. The summed E-state index contributed by atoms with van der Waals surface area (Å²) in [6.07, 6.45) is 5.23. The molecule has 7 atom stereocenters. The fourth-order valence-corrected chi connectivity index (χ4v) is 5.33. The standard InChI is InChI=1S/C20H21N3O6/c1-8-5-14(22-29-8)21-15(24)7-28-20(27)9(2)23-18(25)16-10-3-4-11(13-6-12(10)13)17(16)19(23)26/h3-5,9-13,16-17H,6-7H2,1-2H3,(H,21,22,24)/t9-,10-,11-,12-,13+,16-,17+/m0/s1. The van der Waals surface area contributed by atoms with Crippen LogP contribution in [0.3, 0.4) is 0 Å². The first-order valence-electron chi connectivity index (χ1n) is 9.82. The first kappa shape index (κ1) is 18.1. The highest BCUT2D eigenvalue weighted by molar-refractivity contribution is 6.08. The lowest BCUT2D eigenvalue weighted by Crippen LogP contribution is -2.45. The Kier molecular flexibility index (Phi) is 3.91. The van der Waals surface area contributed by atoms with E-state index in [0.29, 0.717) is 17.6 Å². The predicted molar refractivity (Wildman–Crippen MR) is 96.8 cm³/mol. The Morgan fingerprint density at radius 3 is 2.41 bits per heavy atom. The number of hydrogen-bond acceptors (Lipinski definition) is 7. The van der Waals surface area contributed by atoms with E-state index in [9.17, 15) is 19.2 Å². The van der Waals surface area contributed by atoms with E-state index in [1.54, 1.807) is 6.92 Å². The maximum absolute atomic E-state index is 13.0. The van der Waals surface area contributed by atoms with Gasteiger partial charge in [-0.05, 0) is 43.9 Å². The van der Waals surface area contributed by atoms with Gasteiger partial charge in [0.2, 0.25) is 11.8 Å². The monoisotopic (exact) mass is 399 g/mol. The molecule has 5 aliphatic rings. The molecule has 2 saturated carbocycles. The van der Waals surface area contributed by atoms with Crippen LogP contribution >= 0.6 is 0 Å². The van der Waals surface area contributed by atoms with E-state index < -0.39 is 24.5 Å². The molecular weight excluding hydrogens is 378 g/mol. The number of anilines is 1. The van der Waals surface area contributed by atoms with Gasteiger partial charge in [0.25, 0.3) is 5.91 Å². The van der Waals surface area contributed by atoms with Crippen LogP contribution in [0.5, 0.6) is 0 Å². The molecule has 9 heteroatoms. The van der Waals surface area contributed by atoms with Crippen LogP contribution in [-0.4, -0.2) is 46.4 Å². The van der Waals surface area contributed by atoms with Crippen molar-refractivity contribution < 1.29 is 28.4 Å². The summed E-state index contributed by atoms with van der Waals surface area (Å²) in [7, 11) is 0. The Bertz CT molecular complexity index is 916. The topological polar surface area (TPSA) is 119 Å². The normalized spacial score (nSPS) is 34.6. The highest BCUT2D eigenvalue weighted by atomic mass is 16.5. The molecular formula is C20H21N3O6. The molecule has 0 unspecified atom stereocenters. The summed E-state index contributed by atoms with van der Waals surface area (Å²) in [6, 6.07) is 0.455. The SMILES string of the molecule is Cc1cc(NC(=O)COC(=O)[C@H](C)N2C(=O)[C@@H]3[C@H]4C=C[C@@H]([C@@H]5C[C@H]45)[C@@H]3C2=O)no1. The number of likely N-dealkylation sites (tertiary alicyclic amines) is 1. The van der Waals surface area contributed by atoms with Crippen molar-refractivity contribution in [2.24, 2.45) is 35.5 Å². The molecule has 29 heavy (non-hydrogen) atoms. The number of esters is 1. The quantitative estimate of drug-likeness (QED) is 0.444. The van der Waals surface area contributed by atoms with Crippen molar-refractivity contribution >= 4 is 29.5 Å². The number of aromatic nitrogens is 1. The summed E-state index contributed by atoms with van der Waals surface area (Å²) in [6.45, 7) is 2.59. The Morgan fingerprint density at radius 2 is 1.86 bits per heavy atom. The van der Waals surface area contributed by atoms with Gasteiger partial charge in [-0.3, -0.25) is 19.3 Å². The molecule has 1 aromatic rings. The van der Waals surface area contributed by atoms with Crippen LogP contribution in [0.2, 0.25) is 0 Å². The van der Waals surface area contributed by atoms with Gasteiger partial charge in [-0.15, -0.1) is 0 Å². The summed E-state index contributed by atoms with van der Waals surface area (Å²) in [5.74, 6) is -0.780. The summed E-state index contributed by atoms with van der Waals surface area (Å²) in [5.41, 5.74) is 0. The minimum absolute atomic E-state index is 0.0939. The number of nitrogens with zero attached hydrogens (tertiary/aromatic N) is 2. The molecule has 1 aliphatic heterocycles. The third-order valence-electron chi connectivity index (χ3n) is 6.67. The van der Waals surface area contributed by atoms with E-state index in [2.05, 4.69) is 22.6 Å². The zero-order valence-electron chi connectivity index (χ0n) is 16.0. The molecule has 4 aliphatic carbocycles. The van der Waals surface area contributed by atoms with Crippen LogP contribution in [0, 0.1) is 42.4 Å². The van der Waals surface area contributed by atoms with Gasteiger partial charge >= 0.3 is 5.97 Å². The number of hydrogen-bond donors (Lipinski definition) is 1. The van der Waals surface area contributed by atoms with Crippen molar-refractivity contribution in [3.05, 3.63) is 24.0 Å². The van der Waals surface area contributed by atoms with E-state index in [0.717, 1.165) is 11.3 Å². The lowest BCUT2D eigenvalue weighted by Gasteiger charge is -2.37. The molecule has 152 valence electrons. The van der Waals surface area contributed by atoms with Crippen molar-refractivity contribution in [2.75, 3.05) is 11.9 Å². The second-order valence-corrected chi connectivity index (χ2v) is 8.36. The number of aryl methyl sites for hydroxylation is 1. The zero-order chi connectivity index (χ0) is 20.4. The Morgan fingerprint density at radius 1 is 1.24 bits per heavy atom. The molecule has 2 bridgehead atoms. The highest BCUT2D eigenvalue weighted by Crippen LogP contribution is 2.65. The largest absolute Gasteiger partial charge is 0.454 e. The molecule has 1 saturated heterocycles. The number of ether oxygens (including phenoxy) is 1. The van der Waals surface area contributed by atoms with Crippen LogP contribution in [0.25, 0.3) is 0 Å². The van der Waals surface area contributed by atoms with E-state index in [4.69, 9.17) is 9.26 Å². The number of nitrogens with one attached hydrogen (secondary N) is 1. The van der Waals surface area contributed by atoms with Crippen LogP contribution < -0.4 is 5.32 Å². The van der Waals surface area contributed by atoms with Crippen LogP contribution in [0.1, 0.15) is 19.1 Å². The smallest absolute Gasteiger partial charge is 0.329 e. The number of rotatable bonds is 5. The average molecular weight is 399 g/mol. The van der Waals surface area contributed by atoms with Crippen LogP contribution in [0.4, 0.5) is 5.82 Å². The lowest BCUT2D eigenvalue weighted by atomic mass is 9.63. The molecule has 1 aromatic heterocycles. The van der Waals surface area contributed by atoms with Gasteiger partial charge in [-0.1, -0.05) is 17.3 Å². The maximum atomic E-state index is 13.0. The van der Waals surface area contributed by atoms with Gasteiger partial charge in [0.1, 0.15) is 11.8 Å². The third kappa shape index (κ3) is 2.71. The highest BCUT2D eigenvalue weighted by Gasteiger charge is 2.67. The molecule has 6 rings (SSSR count). The first-order chi connectivity index (χ1) is 13.9. The van der Waals surface area contributed by atoms with Crippen molar-refractivity contribution in [2.45, 2.75) is 26.3 Å². The summed E-state index contributed by atoms with van der Waals surface area (Å²) < 4.78 is 9.88. The second kappa shape index (κ2) is 6.27. The minimum Gasteiger partial charge on any atom is -0.454 e. The number of amides is 3. The summed E-state index contributed by atoms with van der Waals surface area (Å²) >= 11 is 0. The van der Waals surface area contributed by atoms with E-state index in [1.807, 2.05) is 0 Å². The van der Waals surface area contributed by atoms with Crippen molar-refractivity contribution in [3.8, 4) is 0 Å². The van der Waals surface area contributed by atoms with Crippen molar-refractivity contribution in [1.29, 1.82) is 0 Å². The van der Waals surface area contributed by atoms with Gasteiger partial charge < -0.3 is 14.6 Å². The molecule has 3 fully saturated rings. The van der Waals surface area contributed by atoms with E-state index in [1.165, 1.54) is 13.0 Å². The fraction of sp³-hybridized carbons (Fsp3) is 0.550. The predicted octanol–water partition coefficient (Wildman–Crippen LogP) is 0.906. The molecule has 9 nitrogen and oxygen atoms in total. The molecule has 1 N–H and O–H groups in total. The Hall–Kier alpha value is -2.97. The number of carbonyl (C=O) groups excluding carboxylic acids is 4. The lowest BCUT2D eigenvalue weighted by molar-refractivity contribution is -0.159. The minimum atomic E-state index is -1.07. The summed E-state index contributed by atoms with van der Waals surface area (Å²) in [4.78, 5) is 51.4. The van der Waals surface area contributed by atoms with Gasteiger partial charge in [-0.25, -0.2) is 4.79 Å². The van der Waals surface area contributed by atoms with E-state index >= 15 is 0 Å².